The van der Waals surface area contributed by atoms with Crippen molar-refractivity contribution in [1.29, 1.82) is 0 Å². The third-order valence-corrected chi connectivity index (χ3v) is 12.8. The molecule has 0 heterocycles. The van der Waals surface area contributed by atoms with Gasteiger partial charge in [0.15, 0.2) is 11.6 Å². The van der Waals surface area contributed by atoms with E-state index in [1.54, 1.807) is 6.08 Å². The zero-order valence-electron chi connectivity index (χ0n) is 24.7. The molecule has 7 nitrogen and oxygen atoms in total. The fourth-order valence-electron chi connectivity index (χ4n) is 10.4. The molecule has 0 spiro atoms. The van der Waals surface area contributed by atoms with E-state index in [1.807, 2.05) is 34.6 Å². The number of hydrogen-bond acceptors (Lipinski definition) is 7. The van der Waals surface area contributed by atoms with Crippen LogP contribution in [0.3, 0.4) is 0 Å². The number of methoxy groups -OCH3 is 2. The predicted molar refractivity (Wildman–Crippen MR) is 144 cm³/mol. The lowest BCUT2D eigenvalue weighted by Gasteiger charge is -2.55. The van der Waals surface area contributed by atoms with Crippen LogP contribution in [-0.2, 0) is 28.7 Å². The Balaban J connectivity index is 1.73. The summed E-state index contributed by atoms with van der Waals surface area (Å²) in [6.45, 7) is 12.0. The highest BCUT2D eigenvalue weighted by atomic mass is 16.5. The highest BCUT2D eigenvalue weighted by Gasteiger charge is 2.73. The van der Waals surface area contributed by atoms with Gasteiger partial charge in [0.1, 0.15) is 10.8 Å². The molecule has 214 valence electrons. The van der Waals surface area contributed by atoms with Gasteiger partial charge in [-0.2, -0.15) is 0 Å². The van der Waals surface area contributed by atoms with Gasteiger partial charge < -0.3 is 14.6 Å². The molecule has 2 fully saturated rings. The standard InChI is InChI=1S/C32H44O7/c1-16-11-13-29(5)18(3)21(15-23(34)31(16,29)27(36)38-7)20-9-10-22(33)24-19(4)30(6)14-12-17(2)32(30,28(37)39-8)26(35)25(20)24/h15-20,22,33H,9-14H2,1-8H3. The number of rotatable bonds is 3. The second-order valence-corrected chi connectivity index (χ2v) is 13.6. The molecule has 1 N–H and O–H groups in total. The van der Waals surface area contributed by atoms with Gasteiger partial charge in [0.05, 0.1) is 20.3 Å². The summed E-state index contributed by atoms with van der Waals surface area (Å²) in [6.07, 6.45) is 4.67. The first-order valence-electron chi connectivity index (χ1n) is 14.6. The number of hydrogen-bond donors (Lipinski definition) is 1. The number of carbonyl (C=O) groups is 4. The van der Waals surface area contributed by atoms with E-state index in [-0.39, 0.29) is 35.2 Å². The summed E-state index contributed by atoms with van der Waals surface area (Å²) in [6, 6.07) is 0. The third kappa shape index (κ3) is 2.98. The van der Waals surface area contributed by atoms with E-state index in [0.29, 0.717) is 31.3 Å². The first-order chi connectivity index (χ1) is 18.2. The van der Waals surface area contributed by atoms with Crippen LogP contribution in [0.5, 0.6) is 0 Å². The van der Waals surface area contributed by atoms with Crippen LogP contribution < -0.4 is 0 Å². The molecule has 10 unspecified atom stereocenters. The number of fused-ring (bicyclic) bond motifs is 2. The normalized spacial score (nSPS) is 47.3. The summed E-state index contributed by atoms with van der Waals surface area (Å²) in [7, 11) is 2.68. The van der Waals surface area contributed by atoms with Crippen LogP contribution in [0.15, 0.2) is 22.8 Å². The van der Waals surface area contributed by atoms with Crippen molar-refractivity contribution >= 4 is 23.5 Å². The predicted octanol–water partition coefficient (Wildman–Crippen LogP) is 4.61. The van der Waals surface area contributed by atoms with Crippen LogP contribution in [-0.4, -0.2) is 48.9 Å². The SMILES string of the molecule is COC(=O)C12C(=O)C=C(C3CCC(O)C4=C3C(=O)C3(C(=O)OC)C(C)CCC3(C)C4C)C(C)C1(C)CCC2C. The van der Waals surface area contributed by atoms with E-state index in [2.05, 4.69) is 6.92 Å². The molecule has 0 aliphatic heterocycles. The molecule has 0 aromatic carbocycles. The molecule has 10 atom stereocenters. The van der Waals surface area contributed by atoms with E-state index in [0.717, 1.165) is 24.0 Å². The van der Waals surface area contributed by atoms with Gasteiger partial charge in [-0.1, -0.05) is 47.1 Å². The minimum absolute atomic E-state index is 0.162. The van der Waals surface area contributed by atoms with Gasteiger partial charge in [-0.15, -0.1) is 0 Å². The summed E-state index contributed by atoms with van der Waals surface area (Å²) in [5.41, 5.74) is -1.87. The van der Waals surface area contributed by atoms with Crippen molar-refractivity contribution in [1.82, 2.24) is 0 Å². The molecule has 0 radical (unpaired) electrons. The molecule has 0 saturated heterocycles. The highest BCUT2D eigenvalue weighted by Crippen LogP contribution is 2.69. The van der Waals surface area contributed by atoms with E-state index < -0.39 is 45.6 Å². The van der Waals surface area contributed by atoms with Gasteiger partial charge in [0.25, 0.3) is 0 Å². The number of ether oxygens (including phenoxy) is 2. The largest absolute Gasteiger partial charge is 0.468 e. The molecule has 0 bridgehead atoms. The van der Waals surface area contributed by atoms with Crippen LogP contribution in [0, 0.1) is 51.2 Å². The van der Waals surface area contributed by atoms with Gasteiger partial charge in [-0.25, -0.2) is 0 Å². The topological polar surface area (TPSA) is 107 Å². The Morgan fingerprint density at radius 2 is 1.33 bits per heavy atom. The maximum Gasteiger partial charge on any atom is 0.320 e. The molecule has 2 saturated carbocycles. The van der Waals surface area contributed by atoms with E-state index in [1.165, 1.54) is 14.2 Å². The number of esters is 2. The molecule has 5 aliphatic rings. The summed E-state index contributed by atoms with van der Waals surface area (Å²) >= 11 is 0. The maximum atomic E-state index is 14.8. The minimum atomic E-state index is -1.33. The third-order valence-electron chi connectivity index (χ3n) is 12.8. The zero-order valence-corrected chi connectivity index (χ0v) is 24.7. The molecule has 0 amide bonds. The lowest BCUT2D eigenvalue weighted by atomic mass is 9.46. The van der Waals surface area contributed by atoms with E-state index in [9.17, 15) is 24.3 Å². The number of Topliss-reactive ketones (excluding diaryl/α,β-unsaturated/α-hetero) is 1. The van der Waals surface area contributed by atoms with Crippen molar-refractivity contribution in [2.24, 2.45) is 51.2 Å². The lowest BCUT2D eigenvalue weighted by Crippen LogP contribution is -2.61. The Bertz CT molecular complexity index is 1210. The van der Waals surface area contributed by atoms with Gasteiger partial charge >= 0.3 is 11.9 Å². The number of ketones is 2. The minimum Gasteiger partial charge on any atom is -0.468 e. The first kappa shape index (κ1) is 28.3. The molecule has 7 heteroatoms. The van der Waals surface area contributed by atoms with Crippen molar-refractivity contribution < 1.29 is 33.8 Å². The zero-order chi connectivity index (χ0) is 28.9. The van der Waals surface area contributed by atoms with Crippen molar-refractivity contribution in [2.75, 3.05) is 14.2 Å². The average Bonchev–Trinajstić information content (AvgIpc) is 3.36. The molecular weight excluding hydrogens is 496 g/mol. The highest BCUT2D eigenvalue weighted by molar-refractivity contribution is 6.16. The second kappa shape index (κ2) is 8.86. The Hall–Kier alpha value is -2.28. The molecule has 0 aromatic heterocycles. The van der Waals surface area contributed by atoms with E-state index >= 15 is 0 Å². The number of aliphatic hydroxyl groups excluding tert-OH is 1. The maximum absolute atomic E-state index is 14.8. The second-order valence-electron chi connectivity index (χ2n) is 13.6. The fourth-order valence-corrected chi connectivity index (χ4v) is 10.4. The fraction of sp³-hybridized carbons (Fsp3) is 0.750. The van der Waals surface area contributed by atoms with Crippen molar-refractivity contribution in [3.8, 4) is 0 Å². The first-order valence-corrected chi connectivity index (χ1v) is 14.6. The number of aliphatic hydroxyl groups is 1. The Labute approximate surface area is 231 Å². The van der Waals surface area contributed by atoms with Crippen LogP contribution >= 0.6 is 0 Å². The monoisotopic (exact) mass is 540 g/mol. The number of allylic oxidation sites excluding steroid dienone is 3. The van der Waals surface area contributed by atoms with Crippen molar-refractivity contribution in [3.63, 3.8) is 0 Å². The van der Waals surface area contributed by atoms with Crippen molar-refractivity contribution in [2.45, 2.75) is 86.2 Å². The Morgan fingerprint density at radius 1 is 0.821 bits per heavy atom. The number of carbonyl (C=O) groups excluding carboxylic acids is 4. The van der Waals surface area contributed by atoms with E-state index in [4.69, 9.17) is 9.47 Å². The quantitative estimate of drug-likeness (QED) is 0.412. The molecule has 5 rings (SSSR count). The van der Waals surface area contributed by atoms with Crippen LogP contribution in [0.1, 0.15) is 80.1 Å². The Morgan fingerprint density at radius 3 is 1.90 bits per heavy atom. The van der Waals surface area contributed by atoms with Crippen LogP contribution in [0.2, 0.25) is 0 Å². The molecular formula is C32H44O7. The summed E-state index contributed by atoms with van der Waals surface area (Å²) in [5, 5.41) is 11.3. The van der Waals surface area contributed by atoms with Gasteiger partial charge in [0.2, 0.25) is 0 Å². The van der Waals surface area contributed by atoms with Crippen molar-refractivity contribution in [3.05, 3.63) is 22.8 Å². The van der Waals surface area contributed by atoms with Gasteiger partial charge in [-0.05, 0) is 84.7 Å². The summed E-state index contributed by atoms with van der Waals surface area (Å²) in [4.78, 5) is 55.9. The summed E-state index contributed by atoms with van der Waals surface area (Å²) in [5.74, 6) is -2.64. The van der Waals surface area contributed by atoms with Crippen LogP contribution in [0.25, 0.3) is 0 Å². The smallest absolute Gasteiger partial charge is 0.320 e. The molecule has 39 heavy (non-hydrogen) atoms. The molecule has 0 aromatic rings. The van der Waals surface area contributed by atoms with Crippen LogP contribution in [0.4, 0.5) is 0 Å². The average molecular weight is 541 g/mol. The van der Waals surface area contributed by atoms with Gasteiger partial charge in [0, 0.05) is 11.5 Å². The Kier molecular flexibility index (Phi) is 6.42. The summed E-state index contributed by atoms with van der Waals surface area (Å²) < 4.78 is 10.6. The van der Waals surface area contributed by atoms with Gasteiger partial charge in [-0.3, -0.25) is 19.2 Å². The lowest BCUT2D eigenvalue weighted by molar-refractivity contribution is -0.173. The molecule has 5 aliphatic carbocycles.